The Labute approximate surface area is 170 Å². The first-order valence-corrected chi connectivity index (χ1v) is 9.64. The van der Waals surface area contributed by atoms with E-state index in [1.165, 1.54) is 0 Å². The standard InChI is InChI=1S/C22H26N4O3/c1-22(2,3)21(29)24-13-19(27)25-17-8-7-14-10-16(11-15(14)12-17)20(28)26-18-6-4-5-9-23-18/h4-9,12,16H,10-11,13H2,1-3H3,(H,24,29)(H,25,27)(H,23,26,28)/t16-/m1/s1. The number of nitrogens with one attached hydrogen (secondary N) is 3. The average Bonchev–Trinajstić information content (AvgIpc) is 3.09. The van der Waals surface area contributed by atoms with Crippen molar-refractivity contribution in [3.05, 3.63) is 53.7 Å². The number of hydrogen-bond donors (Lipinski definition) is 3. The number of hydrogen-bond acceptors (Lipinski definition) is 4. The second-order valence-corrected chi connectivity index (χ2v) is 8.27. The predicted octanol–water partition coefficient (Wildman–Crippen LogP) is 2.54. The SMILES string of the molecule is CC(C)(C)C(=O)NCC(=O)Nc1ccc2c(c1)C[C@H](C(=O)Nc1ccccn1)C2. The average molecular weight is 394 g/mol. The quantitative estimate of drug-likeness (QED) is 0.725. The summed E-state index contributed by atoms with van der Waals surface area (Å²) in [7, 11) is 0. The number of anilines is 2. The molecule has 0 fully saturated rings. The van der Waals surface area contributed by atoms with Gasteiger partial charge >= 0.3 is 0 Å². The lowest BCUT2D eigenvalue weighted by Gasteiger charge is -2.17. The van der Waals surface area contributed by atoms with E-state index in [1.54, 1.807) is 39.1 Å². The van der Waals surface area contributed by atoms with E-state index in [9.17, 15) is 14.4 Å². The van der Waals surface area contributed by atoms with Crippen LogP contribution < -0.4 is 16.0 Å². The second-order valence-electron chi connectivity index (χ2n) is 8.27. The lowest BCUT2D eigenvalue weighted by atomic mass is 9.96. The molecule has 0 unspecified atom stereocenters. The van der Waals surface area contributed by atoms with Gasteiger partial charge in [0.1, 0.15) is 5.82 Å². The Morgan fingerprint density at radius 2 is 1.79 bits per heavy atom. The number of benzene rings is 1. The number of aromatic nitrogens is 1. The molecular formula is C22H26N4O3. The molecule has 3 rings (SSSR count). The van der Waals surface area contributed by atoms with E-state index >= 15 is 0 Å². The van der Waals surface area contributed by atoms with Gasteiger partial charge in [-0.1, -0.05) is 32.9 Å². The Morgan fingerprint density at radius 1 is 1.03 bits per heavy atom. The fraction of sp³-hybridized carbons (Fsp3) is 0.364. The third kappa shape index (κ3) is 5.40. The highest BCUT2D eigenvalue weighted by Gasteiger charge is 2.28. The zero-order valence-corrected chi connectivity index (χ0v) is 16.9. The van der Waals surface area contributed by atoms with Gasteiger partial charge in [0, 0.05) is 23.2 Å². The third-order valence-electron chi connectivity index (χ3n) is 4.80. The summed E-state index contributed by atoms with van der Waals surface area (Å²) in [5, 5.41) is 8.27. The summed E-state index contributed by atoms with van der Waals surface area (Å²) in [6.45, 7) is 5.30. The van der Waals surface area contributed by atoms with E-state index in [1.807, 2.05) is 24.3 Å². The van der Waals surface area contributed by atoms with Crippen LogP contribution in [0.4, 0.5) is 11.5 Å². The highest BCUT2D eigenvalue weighted by molar-refractivity contribution is 5.95. The van der Waals surface area contributed by atoms with Crippen molar-refractivity contribution < 1.29 is 14.4 Å². The predicted molar refractivity (Wildman–Crippen MR) is 111 cm³/mol. The van der Waals surface area contributed by atoms with Crippen molar-refractivity contribution in [3.63, 3.8) is 0 Å². The first-order chi connectivity index (χ1) is 13.7. The maximum atomic E-state index is 12.5. The summed E-state index contributed by atoms with van der Waals surface area (Å²) in [6, 6.07) is 11.0. The van der Waals surface area contributed by atoms with Gasteiger partial charge in [0.15, 0.2) is 0 Å². The van der Waals surface area contributed by atoms with Crippen LogP contribution in [0.5, 0.6) is 0 Å². The maximum absolute atomic E-state index is 12.5. The molecule has 0 radical (unpaired) electrons. The van der Waals surface area contributed by atoms with Crippen LogP contribution in [0.3, 0.4) is 0 Å². The van der Waals surface area contributed by atoms with E-state index in [-0.39, 0.29) is 30.2 Å². The van der Waals surface area contributed by atoms with Crippen LogP contribution in [0.1, 0.15) is 31.9 Å². The van der Waals surface area contributed by atoms with Gasteiger partial charge in [0.05, 0.1) is 6.54 Å². The molecule has 0 saturated carbocycles. The molecule has 0 spiro atoms. The smallest absolute Gasteiger partial charge is 0.243 e. The van der Waals surface area contributed by atoms with Gasteiger partial charge in [-0.05, 0) is 48.2 Å². The molecule has 7 heteroatoms. The summed E-state index contributed by atoms with van der Waals surface area (Å²) >= 11 is 0. The molecule has 0 aliphatic heterocycles. The minimum absolute atomic E-state index is 0.0598. The molecule has 1 aromatic heterocycles. The van der Waals surface area contributed by atoms with Gasteiger partial charge < -0.3 is 16.0 Å². The summed E-state index contributed by atoms with van der Waals surface area (Å²) in [6.07, 6.45) is 2.90. The Kier molecular flexibility index (Phi) is 5.96. The van der Waals surface area contributed by atoms with Crippen molar-refractivity contribution >= 4 is 29.2 Å². The van der Waals surface area contributed by atoms with Gasteiger partial charge in [-0.15, -0.1) is 0 Å². The fourth-order valence-corrected chi connectivity index (χ4v) is 3.18. The van der Waals surface area contributed by atoms with Gasteiger partial charge in [0.2, 0.25) is 17.7 Å². The third-order valence-corrected chi connectivity index (χ3v) is 4.80. The van der Waals surface area contributed by atoms with Crippen molar-refractivity contribution in [2.45, 2.75) is 33.6 Å². The molecule has 0 bridgehead atoms. The zero-order chi connectivity index (χ0) is 21.0. The van der Waals surface area contributed by atoms with Crippen molar-refractivity contribution in [3.8, 4) is 0 Å². The fourth-order valence-electron chi connectivity index (χ4n) is 3.18. The van der Waals surface area contributed by atoms with Gasteiger partial charge in [-0.3, -0.25) is 14.4 Å². The normalized spacial score (nSPS) is 15.3. The van der Waals surface area contributed by atoms with Crippen molar-refractivity contribution in [1.82, 2.24) is 10.3 Å². The molecule has 1 atom stereocenters. The van der Waals surface area contributed by atoms with Crippen LogP contribution in [0.25, 0.3) is 0 Å². The lowest BCUT2D eigenvalue weighted by Crippen LogP contribution is -2.39. The number of fused-ring (bicyclic) bond motifs is 1. The molecule has 7 nitrogen and oxygen atoms in total. The molecule has 1 aliphatic rings. The van der Waals surface area contributed by atoms with E-state index in [2.05, 4.69) is 20.9 Å². The van der Waals surface area contributed by atoms with Crippen molar-refractivity contribution in [2.24, 2.45) is 11.3 Å². The largest absolute Gasteiger partial charge is 0.347 e. The Hall–Kier alpha value is -3.22. The topological polar surface area (TPSA) is 100 Å². The molecule has 3 amide bonds. The molecular weight excluding hydrogens is 368 g/mol. The van der Waals surface area contributed by atoms with E-state index in [0.717, 1.165) is 11.1 Å². The number of amides is 3. The van der Waals surface area contributed by atoms with Gasteiger partial charge in [-0.2, -0.15) is 0 Å². The van der Waals surface area contributed by atoms with E-state index < -0.39 is 5.41 Å². The van der Waals surface area contributed by atoms with Crippen LogP contribution in [0, 0.1) is 11.3 Å². The van der Waals surface area contributed by atoms with Crippen molar-refractivity contribution in [1.29, 1.82) is 0 Å². The van der Waals surface area contributed by atoms with Gasteiger partial charge in [0.25, 0.3) is 0 Å². The second kappa shape index (κ2) is 8.43. The summed E-state index contributed by atoms with van der Waals surface area (Å²) in [4.78, 5) is 40.6. The number of carbonyl (C=O) groups excluding carboxylic acids is 3. The molecule has 2 aromatic rings. The molecule has 29 heavy (non-hydrogen) atoms. The Bertz CT molecular complexity index is 919. The maximum Gasteiger partial charge on any atom is 0.243 e. The van der Waals surface area contributed by atoms with Crippen LogP contribution >= 0.6 is 0 Å². The monoisotopic (exact) mass is 394 g/mol. The number of pyridine rings is 1. The molecule has 3 N–H and O–H groups in total. The Balaban J connectivity index is 1.55. The molecule has 152 valence electrons. The van der Waals surface area contributed by atoms with E-state index in [0.29, 0.717) is 24.3 Å². The van der Waals surface area contributed by atoms with Crippen molar-refractivity contribution in [2.75, 3.05) is 17.2 Å². The Morgan fingerprint density at radius 3 is 2.48 bits per heavy atom. The molecule has 1 heterocycles. The van der Waals surface area contributed by atoms with E-state index in [4.69, 9.17) is 0 Å². The molecule has 0 saturated heterocycles. The highest BCUT2D eigenvalue weighted by atomic mass is 16.2. The van der Waals surface area contributed by atoms with Crippen LogP contribution in [0.15, 0.2) is 42.6 Å². The van der Waals surface area contributed by atoms with Crippen LogP contribution in [0.2, 0.25) is 0 Å². The zero-order valence-electron chi connectivity index (χ0n) is 16.9. The van der Waals surface area contributed by atoms with Crippen LogP contribution in [-0.4, -0.2) is 29.3 Å². The first-order valence-electron chi connectivity index (χ1n) is 9.64. The summed E-state index contributed by atoms with van der Waals surface area (Å²) < 4.78 is 0. The lowest BCUT2D eigenvalue weighted by molar-refractivity contribution is -0.130. The number of carbonyl (C=O) groups is 3. The van der Waals surface area contributed by atoms with Crippen LogP contribution in [-0.2, 0) is 27.2 Å². The number of rotatable bonds is 5. The minimum atomic E-state index is -0.543. The molecule has 1 aliphatic carbocycles. The summed E-state index contributed by atoms with van der Waals surface area (Å²) in [5.41, 5.74) is 2.26. The minimum Gasteiger partial charge on any atom is -0.347 e. The van der Waals surface area contributed by atoms with Gasteiger partial charge in [-0.25, -0.2) is 4.98 Å². The highest BCUT2D eigenvalue weighted by Crippen LogP contribution is 2.30. The number of nitrogens with zero attached hydrogens (tertiary/aromatic N) is 1. The first kappa shape index (κ1) is 20.5. The summed E-state index contributed by atoms with van der Waals surface area (Å²) in [5.74, 6) is -0.147. The molecule has 1 aromatic carbocycles.